The van der Waals surface area contributed by atoms with Gasteiger partial charge in [0.2, 0.25) is 0 Å². The van der Waals surface area contributed by atoms with Gasteiger partial charge in [-0.15, -0.1) is 17.5 Å². The predicted octanol–water partition coefficient (Wildman–Crippen LogP) is 4.29. The lowest BCUT2D eigenvalue weighted by atomic mass is 10.1. The average molecular weight is 428 g/mol. The molecule has 0 spiro atoms. The van der Waals surface area contributed by atoms with Gasteiger partial charge in [0.05, 0.1) is 17.9 Å². The maximum absolute atomic E-state index is 12.8. The monoisotopic (exact) mass is 427 g/mol. The lowest BCUT2D eigenvalue weighted by Gasteiger charge is -2.22. The van der Waals surface area contributed by atoms with Crippen LogP contribution in [-0.4, -0.2) is 34.0 Å². The van der Waals surface area contributed by atoms with E-state index in [1.807, 2.05) is 56.3 Å². The van der Waals surface area contributed by atoms with Gasteiger partial charge in [-0.25, -0.2) is 4.68 Å². The summed E-state index contributed by atoms with van der Waals surface area (Å²) < 4.78 is 7.95. The number of amides is 1. The second-order valence-corrected chi connectivity index (χ2v) is 7.34. The summed E-state index contributed by atoms with van der Waals surface area (Å²) in [6, 6.07) is 13.7. The van der Waals surface area contributed by atoms with Crippen LogP contribution in [0.3, 0.4) is 0 Å². The number of carbonyl (C=O) groups excluding carboxylic acids is 1. The fraction of sp³-hybridized carbons (Fsp3) is 0.318. The second kappa shape index (κ2) is 9.73. The number of hydrogen-bond acceptors (Lipinski definition) is 5. The number of anilines is 1. The number of para-hydroxylation sites is 3. The first-order valence-electron chi connectivity index (χ1n) is 9.89. The number of halogens is 1. The van der Waals surface area contributed by atoms with Gasteiger partial charge in [-0.1, -0.05) is 35.5 Å². The number of aryl methyl sites for hydroxylation is 2. The molecule has 2 aromatic carbocycles. The highest BCUT2D eigenvalue weighted by atomic mass is 35.5. The van der Waals surface area contributed by atoms with E-state index in [9.17, 15) is 4.79 Å². The zero-order valence-electron chi connectivity index (χ0n) is 17.1. The average Bonchev–Trinajstić information content (AvgIpc) is 3.23. The van der Waals surface area contributed by atoms with Gasteiger partial charge in [-0.05, 0) is 63.0 Å². The molecule has 158 valence electrons. The number of benzene rings is 2. The molecule has 1 amide bonds. The first-order chi connectivity index (χ1) is 14.1. The number of aromatic nitrogens is 3. The highest BCUT2D eigenvalue weighted by Crippen LogP contribution is 2.33. The van der Waals surface area contributed by atoms with E-state index >= 15 is 0 Å². The molecule has 7 nitrogen and oxygen atoms in total. The van der Waals surface area contributed by atoms with Crippen LogP contribution < -0.4 is 15.4 Å². The summed E-state index contributed by atoms with van der Waals surface area (Å²) in [4.78, 5) is 12.8. The minimum absolute atomic E-state index is 0. The van der Waals surface area contributed by atoms with Gasteiger partial charge in [0.25, 0.3) is 5.91 Å². The van der Waals surface area contributed by atoms with E-state index in [0.717, 1.165) is 42.8 Å². The molecule has 1 aliphatic heterocycles. The highest BCUT2D eigenvalue weighted by molar-refractivity contribution is 6.03. The lowest BCUT2D eigenvalue weighted by molar-refractivity contribution is 0.102. The van der Waals surface area contributed by atoms with E-state index in [2.05, 4.69) is 20.9 Å². The van der Waals surface area contributed by atoms with E-state index in [-0.39, 0.29) is 24.4 Å². The van der Waals surface area contributed by atoms with Crippen molar-refractivity contribution in [1.82, 2.24) is 20.3 Å². The Labute approximate surface area is 182 Å². The van der Waals surface area contributed by atoms with E-state index in [4.69, 9.17) is 4.74 Å². The number of hydrogen-bond donors (Lipinski definition) is 2. The molecule has 1 saturated heterocycles. The Kier molecular flexibility index (Phi) is 7.07. The van der Waals surface area contributed by atoms with Gasteiger partial charge < -0.3 is 15.4 Å². The Balaban J connectivity index is 0.00000256. The van der Waals surface area contributed by atoms with Crippen LogP contribution in [0.15, 0.2) is 48.7 Å². The molecule has 0 atom stereocenters. The van der Waals surface area contributed by atoms with Crippen molar-refractivity contribution < 1.29 is 9.53 Å². The number of nitrogens with zero attached hydrogens (tertiary/aromatic N) is 3. The summed E-state index contributed by atoms with van der Waals surface area (Å²) in [5.41, 5.74) is 2.97. The van der Waals surface area contributed by atoms with Crippen molar-refractivity contribution in [3.8, 4) is 11.5 Å². The van der Waals surface area contributed by atoms with Crippen molar-refractivity contribution in [3.63, 3.8) is 0 Å². The highest BCUT2D eigenvalue weighted by Gasteiger charge is 2.19. The van der Waals surface area contributed by atoms with Crippen LogP contribution in [0.4, 0.5) is 5.69 Å². The number of ether oxygens (including phenoxy) is 1. The number of piperidine rings is 1. The first-order valence-corrected chi connectivity index (χ1v) is 9.89. The molecular weight excluding hydrogens is 402 g/mol. The van der Waals surface area contributed by atoms with Crippen LogP contribution in [0.5, 0.6) is 11.5 Å². The molecule has 2 N–H and O–H groups in total. The topological polar surface area (TPSA) is 81.1 Å². The normalized spacial score (nSPS) is 14.1. The maximum Gasteiger partial charge on any atom is 0.277 e. The van der Waals surface area contributed by atoms with Crippen molar-refractivity contribution in [2.24, 2.45) is 0 Å². The lowest BCUT2D eigenvalue weighted by Crippen LogP contribution is -2.29. The summed E-state index contributed by atoms with van der Waals surface area (Å²) in [6.07, 6.45) is 3.69. The molecule has 8 heteroatoms. The van der Waals surface area contributed by atoms with Crippen molar-refractivity contribution in [2.45, 2.75) is 32.7 Å². The Morgan fingerprint density at radius 1 is 1.10 bits per heavy atom. The van der Waals surface area contributed by atoms with Crippen LogP contribution in [-0.2, 0) is 0 Å². The number of carbonyl (C=O) groups is 1. The molecule has 0 radical (unpaired) electrons. The third kappa shape index (κ3) is 4.80. The van der Waals surface area contributed by atoms with Crippen LogP contribution in [0.1, 0.15) is 40.5 Å². The Bertz CT molecular complexity index is 994. The van der Waals surface area contributed by atoms with Gasteiger partial charge >= 0.3 is 0 Å². The van der Waals surface area contributed by atoms with Crippen molar-refractivity contribution in [3.05, 3.63) is 65.5 Å². The summed E-state index contributed by atoms with van der Waals surface area (Å²) >= 11 is 0. The summed E-state index contributed by atoms with van der Waals surface area (Å²) in [5, 5.41) is 14.5. The van der Waals surface area contributed by atoms with Crippen molar-refractivity contribution >= 4 is 24.0 Å². The first kappa shape index (κ1) is 21.8. The largest absolute Gasteiger partial charge is 0.455 e. The van der Waals surface area contributed by atoms with Crippen LogP contribution >= 0.6 is 12.4 Å². The molecule has 0 saturated carbocycles. The zero-order chi connectivity index (χ0) is 20.2. The molecule has 0 unspecified atom stereocenters. The number of rotatable bonds is 5. The van der Waals surface area contributed by atoms with Gasteiger partial charge in [0.15, 0.2) is 11.4 Å². The second-order valence-electron chi connectivity index (χ2n) is 7.34. The molecular formula is C22H26ClN5O2. The summed E-state index contributed by atoms with van der Waals surface area (Å²) in [5.74, 6) is 1.08. The fourth-order valence-electron chi connectivity index (χ4n) is 3.55. The van der Waals surface area contributed by atoms with Gasteiger partial charge in [-0.3, -0.25) is 4.79 Å². The third-order valence-electron chi connectivity index (χ3n) is 5.18. The maximum atomic E-state index is 12.8. The van der Waals surface area contributed by atoms with Gasteiger partial charge in [0.1, 0.15) is 5.75 Å². The molecule has 4 rings (SSSR count). The van der Waals surface area contributed by atoms with Crippen molar-refractivity contribution in [1.29, 1.82) is 0 Å². The molecule has 1 aliphatic rings. The van der Waals surface area contributed by atoms with Gasteiger partial charge in [-0.2, -0.15) is 0 Å². The molecule has 2 heterocycles. The van der Waals surface area contributed by atoms with Crippen LogP contribution in [0.25, 0.3) is 0 Å². The van der Waals surface area contributed by atoms with Crippen LogP contribution in [0, 0.1) is 13.8 Å². The molecule has 30 heavy (non-hydrogen) atoms. The third-order valence-corrected chi connectivity index (χ3v) is 5.18. The van der Waals surface area contributed by atoms with E-state index in [1.165, 1.54) is 0 Å². The minimum Gasteiger partial charge on any atom is -0.455 e. The van der Waals surface area contributed by atoms with E-state index in [0.29, 0.717) is 17.1 Å². The zero-order valence-corrected chi connectivity index (χ0v) is 17.9. The summed E-state index contributed by atoms with van der Waals surface area (Å²) in [6.45, 7) is 5.91. The van der Waals surface area contributed by atoms with Crippen LogP contribution in [0.2, 0.25) is 0 Å². The smallest absolute Gasteiger partial charge is 0.277 e. The van der Waals surface area contributed by atoms with E-state index in [1.54, 1.807) is 10.9 Å². The fourth-order valence-corrected chi connectivity index (χ4v) is 3.55. The molecule has 1 aromatic heterocycles. The molecule has 3 aromatic rings. The summed E-state index contributed by atoms with van der Waals surface area (Å²) in [7, 11) is 0. The Hall–Kier alpha value is -2.90. The predicted molar refractivity (Wildman–Crippen MR) is 119 cm³/mol. The SMILES string of the molecule is Cc1cccc(C)c1Oc1ccccc1NC(=O)c1cn(C2CCNCC2)nn1.Cl. The quantitative estimate of drug-likeness (QED) is 0.635. The molecule has 0 aliphatic carbocycles. The van der Waals surface area contributed by atoms with Crippen molar-refractivity contribution in [2.75, 3.05) is 18.4 Å². The van der Waals surface area contributed by atoms with Gasteiger partial charge in [0, 0.05) is 0 Å². The molecule has 1 fully saturated rings. The number of nitrogens with one attached hydrogen (secondary N) is 2. The standard InChI is InChI=1S/C22H25N5O2.ClH/c1-15-6-5-7-16(2)21(15)29-20-9-4-3-8-18(20)24-22(28)19-14-27(26-25-19)17-10-12-23-13-11-17;/h3-9,14,17,23H,10-13H2,1-2H3,(H,24,28);1H. The van der Waals surface area contributed by atoms with E-state index < -0.39 is 0 Å². The minimum atomic E-state index is -0.303. The Morgan fingerprint density at radius 3 is 2.53 bits per heavy atom. The molecule has 0 bridgehead atoms. The Morgan fingerprint density at radius 2 is 1.80 bits per heavy atom.